The summed E-state index contributed by atoms with van der Waals surface area (Å²) < 4.78 is 0. The molecule has 2 nitrogen and oxygen atoms in total. The predicted octanol–water partition coefficient (Wildman–Crippen LogP) is 1.39. The molecule has 8 heavy (non-hydrogen) atoms. The number of hydrogen-bond donors (Lipinski definition) is 1. The van der Waals surface area contributed by atoms with Gasteiger partial charge in [0.05, 0.1) is 0 Å². The van der Waals surface area contributed by atoms with Gasteiger partial charge >= 0.3 is 0 Å². The Bertz CT molecular complexity index is 80.0. The number of allylic oxidation sites excluding steroid dienone is 2. The van der Waals surface area contributed by atoms with E-state index in [0.29, 0.717) is 0 Å². The molecule has 1 aliphatic heterocycles. The lowest BCUT2D eigenvalue weighted by Crippen LogP contribution is -2.01. The van der Waals surface area contributed by atoms with Crippen molar-refractivity contribution >= 4 is 24.8 Å². The fourth-order valence-corrected chi connectivity index (χ4v) is 0.258. The second kappa shape index (κ2) is 6.66. The van der Waals surface area contributed by atoms with Crippen LogP contribution in [0.25, 0.3) is 0 Å². The minimum atomic E-state index is 0. The van der Waals surface area contributed by atoms with Gasteiger partial charge in [-0.1, -0.05) is 0 Å². The van der Waals surface area contributed by atoms with Gasteiger partial charge in [-0.05, 0) is 12.2 Å². The Morgan fingerprint density at radius 3 is 2.00 bits per heavy atom. The molecule has 0 saturated heterocycles. The average Bonchev–Trinajstić information content (AvgIpc) is 1.72. The van der Waals surface area contributed by atoms with Gasteiger partial charge in [0.2, 0.25) is 0 Å². The van der Waals surface area contributed by atoms with Gasteiger partial charge in [-0.15, -0.1) is 24.8 Å². The SMILES string of the molecule is C1=CNOC=C1.Cl.Cl. The van der Waals surface area contributed by atoms with Crippen LogP contribution in [0.2, 0.25) is 0 Å². The lowest BCUT2D eigenvalue weighted by molar-refractivity contribution is 0.172. The number of nitrogens with one attached hydrogen (secondary N) is 1. The molecule has 0 aromatic carbocycles. The van der Waals surface area contributed by atoms with E-state index in [-0.39, 0.29) is 24.8 Å². The van der Waals surface area contributed by atoms with Crippen molar-refractivity contribution in [1.29, 1.82) is 0 Å². The van der Waals surface area contributed by atoms with Gasteiger partial charge in [0, 0.05) is 6.20 Å². The topological polar surface area (TPSA) is 21.3 Å². The first-order valence-electron chi connectivity index (χ1n) is 1.73. The van der Waals surface area contributed by atoms with Gasteiger partial charge in [0.1, 0.15) is 6.26 Å². The smallest absolute Gasteiger partial charge is 0.119 e. The van der Waals surface area contributed by atoms with E-state index in [2.05, 4.69) is 10.3 Å². The van der Waals surface area contributed by atoms with E-state index in [9.17, 15) is 0 Å². The molecular formula is C4H7Cl2NO. The Kier molecular flexibility index (Phi) is 8.83. The number of rotatable bonds is 0. The molecule has 0 fully saturated rings. The molecule has 1 N–H and O–H groups in total. The van der Waals surface area contributed by atoms with Crippen LogP contribution in [0.3, 0.4) is 0 Å². The largest absolute Gasteiger partial charge is 0.391 e. The van der Waals surface area contributed by atoms with E-state index < -0.39 is 0 Å². The second-order valence-electron chi connectivity index (χ2n) is 0.923. The molecule has 0 atom stereocenters. The van der Waals surface area contributed by atoms with E-state index in [1.165, 1.54) is 0 Å². The Balaban J connectivity index is 0. The first-order valence-corrected chi connectivity index (χ1v) is 1.73. The maximum Gasteiger partial charge on any atom is 0.119 e. The van der Waals surface area contributed by atoms with Crippen molar-refractivity contribution in [2.45, 2.75) is 0 Å². The lowest BCUT2D eigenvalue weighted by atomic mass is 10.6. The molecule has 0 saturated carbocycles. The molecule has 0 aromatic heterocycles. The molecule has 0 aromatic rings. The number of hydrogen-bond acceptors (Lipinski definition) is 2. The fraction of sp³-hybridized carbons (Fsp3) is 0. The molecule has 48 valence electrons. The van der Waals surface area contributed by atoms with Gasteiger partial charge in [-0.3, -0.25) is 0 Å². The molecule has 0 unspecified atom stereocenters. The van der Waals surface area contributed by atoms with Gasteiger partial charge in [0.15, 0.2) is 0 Å². The normalized spacial score (nSPS) is 12.0. The highest BCUT2D eigenvalue weighted by atomic mass is 35.5. The third-order valence-corrected chi connectivity index (χ3v) is 0.490. The monoisotopic (exact) mass is 155 g/mol. The van der Waals surface area contributed by atoms with E-state index in [1.807, 2.05) is 6.08 Å². The minimum absolute atomic E-state index is 0. The van der Waals surface area contributed by atoms with Crippen LogP contribution in [0.15, 0.2) is 24.6 Å². The third kappa shape index (κ3) is 3.84. The standard InChI is InChI=1S/C4H5NO.2ClH/c1-2-4-6-5-3-1;;/h1-5H;2*1H. The first-order chi connectivity index (χ1) is 3.00. The molecule has 1 heterocycles. The van der Waals surface area contributed by atoms with E-state index in [4.69, 9.17) is 0 Å². The molecule has 1 rings (SSSR count). The van der Waals surface area contributed by atoms with E-state index in [1.54, 1.807) is 18.5 Å². The van der Waals surface area contributed by atoms with Crippen LogP contribution in [0, 0.1) is 0 Å². The van der Waals surface area contributed by atoms with Crippen LogP contribution >= 0.6 is 24.8 Å². The van der Waals surface area contributed by atoms with Crippen molar-refractivity contribution in [3.8, 4) is 0 Å². The molecule has 4 heteroatoms. The zero-order valence-electron chi connectivity index (χ0n) is 4.03. The molecule has 0 spiro atoms. The summed E-state index contributed by atoms with van der Waals surface area (Å²) in [4.78, 5) is 4.55. The highest BCUT2D eigenvalue weighted by Gasteiger charge is 1.72. The summed E-state index contributed by atoms with van der Waals surface area (Å²) >= 11 is 0. The van der Waals surface area contributed by atoms with Gasteiger partial charge in [0.25, 0.3) is 0 Å². The molecule has 0 aliphatic carbocycles. The summed E-state index contributed by atoms with van der Waals surface area (Å²) in [6.07, 6.45) is 6.93. The minimum Gasteiger partial charge on any atom is -0.391 e. The maximum absolute atomic E-state index is 4.55. The molecule has 1 aliphatic rings. The van der Waals surface area contributed by atoms with Crippen molar-refractivity contribution in [2.75, 3.05) is 0 Å². The van der Waals surface area contributed by atoms with Crippen molar-refractivity contribution in [3.05, 3.63) is 24.6 Å². The number of hydroxylamine groups is 1. The van der Waals surface area contributed by atoms with Gasteiger partial charge < -0.3 is 4.84 Å². The van der Waals surface area contributed by atoms with E-state index >= 15 is 0 Å². The molecule has 0 radical (unpaired) electrons. The third-order valence-electron chi connectivity index (χ3n) is 0.490. The molecule has 0 amide bonds. The quantitative estimate of drug-likeness (QED) is 0.572. The van der Waals surface area contributed by atoms with Gasteiger partial charge in [-0.25, -0.2) is 5.48 Å². The Hall–Kier alpha value is -0.340. The second-order valence-corrected chi connectivity index (χ2v) is 0.923. The van der Waals surface area contributed by atoms with Crippen LogP contribution in [-0.4, -0.2) is 0 Å². The lowest BCUT2D eigenvalue weighted by Gasteiger charge is -1.97. The Morgan fingerprint density at radius 2 is 1.88 bits per heavy atom. The first kappa shape index (κ1) is 10.6. The van der Waals surface area contributed by atoms with Crippen LogP contribution in [0.1, 0.15) is 0 Å². The average molecular weight is 156 g/mol. The van der Waals surface area contributed by atoms with Crippen molar-refractivity contribution in [1.82, 2.24) is 5.48 Å². The summed E-state index contributed by atoms with van der Waals surface area (Å²) in [5, 5.41) is 0. The van der Waals surface area contributed by atoms with Crippen molar-refractivity contribution in [2.24, 2.45) is 0 Å². The van der Waals surface area contributed by atoms with Crippen LogP contribution in [-0.2, 0) is 4.84 Å². The highest BCUT2D eigenvalue weighted by molar-refractivity contribution is 5.85. The molecular weight excluding hydrogens is 149 g/mol. The number of halogens is 2. The fourth-order valence-electron chi connectivity index (χ4n) is 0.258. The van der Waals surface area contributed by atoms with Crippen molar-refractivity contribution < 1.29 is 4.84 Å². The summed E-state index contributed by atoms with van der Waals surface area (Å²) in [6.45, 7) is 0. The summed E-state index contributed by atoms with van der Waals surface area (Å²) in [6, 6.07) is 0. The maximum atomic E-state index is 4.55. The molecule has 0 bridgehead atoms. The summed E-state index contributed by atoms with van der Waals surface area (Å²) in [7, 11) is 0. The van der Waals surface area contributed by atoms with Crippen molar-refractivity contribution in [3.63, 3.8) is 0 Å². The predicted molar refractivity (Wildman–Crippen MR) is 37.0 cm³/mol. The highest BCUT2D eigenvalue weighted by Crippen LogP contribution is 1.80. The Morgan fingerprint density at radius 1 is 1.12 bits per heavy atom. The zero-order valence-corrected chi connectivity index (χ0v) is 5.67. The summed E-state index contributed by atoms with van der Waals surface area (Å²) in [5.41, 5.74) is 2.52. The van der Waals surface area contributed by atoms with Crippen LogP contribution in [0.4, 0.5) is 0 Å². The summed E-state index contributed by atoms with van der Waals surface area (Å²) in [5.74, 6) is 0. The zero-order chi connectivity index (χ0) is 4.24. The van der Waals surface area contributed by atoms with Crippen LogP contribution in [0.5, 0.6) is 0 Å². The Labute approximate surface area is 60.4 Å². The van der Waals surface area contributed by atoms with E-state index in [0.717, 1.165) is 0 Å². The van der Waals surface area contributed by atoms with Crippen LogP contribution < -0.4 is 5.48 Å². The van der Waals surface area contributed by atoms with Gasteiger partial charge in [-0.2, -0.15) is 0 Å².